The molecule has 0 saturated heterocycles. The van der Waals surface area contributed by atoms with E-state index < -0.39 is 6.10 Å². The van der Waals surface area contributed by atoms with Crippen LogP contribution in [-0.2, 0) is 17.8 Å². The number of nitrogens with one attached hydrogen (secondary N) is 1. The van der Waals surface area contributed by atoms with Crippen molar-refractivity contribution in [1.82, 2.24) is 4.90 Å². The van der Waals surface area contributed by atoms with Gasteiger partial charge in [0.05, 0.1) is 11.3 Å². The molecule has 0 aliphatic heterocycles. The van der Waals surface area contributed by atoms with E-state index in [1.165, 1.54) is 5.56 Å². The number of benzene rings is 3. The van der Waals surface area contributed by atoms with Crippen molar-refractivity contribution >= 4 is 17.5 Å². The maximum Gasteiger partial charge on any atom is 0.265 e. The SMILES string of the molecule is CCc1ccc(O[C@H](C)C(=O)Nc2ccccc2C(=O)N(C)Cc2ccccc2)cc1. The van der Waals surface area contributed by atoms with Crippen molar-refractivity contribution in [3.63, 3.8) is 0 Å². The number of nitrogens with zero attached hydrogens (tertiary/aromatic N) is 1. The molecule has 160 valence electrons. The van der Waals surface area contributed by atoms with E-state index in [4.69, 9.17) is 4.74 Å². The molecule has 3 aromatic rings. The van der Waals surface area contributed by atoms with Crippen LogP contribution in [0.3, 0.4) is 0 Å². The predicted molar refractivity (Wildman–Crippen MR) is 123 cm³/mol. The summed E-state index contributed by atoms with van der Waals surface area (Å²) in [5.74, 6) is 0.154. The first-order valence-corrected chi connectivity index (χ1v) is 10.4. The van der Waals surface area contributed by atoms with Gasteiger partial charge < -0.3 is 15.0 Å². The van der Waals surface area contributed by atoms with E-state index in [9.17, 15) is 9.59 Å². The van der Waals surface area contributed by atoms with Crippen LogP contribution in [0.4, 0.5) is 5.69 Å². The first kappa shape index (κ1) is 22.1. The van der Waals surface area contributed by atoms with Crippen molar-refractivity contribution in [3.8, 4) is 5.75 Å². The summed E-state index contributed by atoms with van der Waals surface area (Å²) in [4.78, 5) is 27.4. The summed E-state index contributed by atoms with van der Waals surface area (Å²) >= 11 is 0. The molecule has 0 aliphatic carbocycles. The van der Waals surface area contributed by atoms with Crippen LogP contribution in [0.5, 0.6) is 5.75 Å². The number of hydrogen-bond acceptors (Lipinski definition) is 3. The van der Waals surface area contributed by atoms with E-state index in [0.717, 1.165) is 12.0 Å². The van der Waals surface area contributed by atoms with Gasteiger partial charge >= 0.3 is 0 Å². The number of amides is 2. The van der Waals surface area contributed by atoms with Crippen LogP contribution in [0.25, 0.3) is 0 Å². The Kier molecular flexibility index (Phi) is 7.44. The number of ether oxygens (including phenoxy) is 1. The normalized spacial score (nSPS) is 11.5. The zero-order valence-electron chi connectivity index (χ0n) is 18.2. The summed E-state index contributed by atoms with van der Waals surface area (Å²) < 4.78 is 5.77. The van der Waals surface area contributed by atoms with Crippen LogP contribution in [0.15, 0.2) is 78.9 Å². The average Bonchev–Trinajstić information content (AvgIpc) is 2.80. The molecule has 0 aliphatic rings. The van der Waals surface area contributed by atoms with Crippen molar-refractivity contribution < 1.29 is 14.3 Å². The standard InChI is InChI=1S/C26H28N2O3/c1-4-20-14-16-22(17-15-20)31-19(2)25(29)27-24-13-9-8-12-23(24)26(30)28(3)18-21-10-6-5-7-11-21/h5-17,19H,4,18H2,1-3H3,(H,27,29)/t19-/m1/s1. The lowest BCUT2D eigenvalue weighted by Crippen LogP contribution is -2.32. The molecule has 0 spiro atoms. The molecule has 0 heterocycles. The molecule has 2 amide bonds. The highest BCUT2D eigenvalue weighted by Gasteiger charge is 2.20. The van der Waals surface area contributed by atoms with E-state index in [2.05, 4.69) is 12.2 Å². The van der Waals surface area contributed by atoms with Gasteiger partial charge in [0, 0.05) is 13.6 Å². The summed E-state index contributed by atoms with van der Waals surface area (Å²) in [6.07, 6.45) is 0.234. The van der Waals surface area contributed by atoms with Crippen molar-refractivity contribution in [2.45, 2.75) is 32.9 Å². The summed E-state index contributed by atoms with van der Waals surface area (Å²) in [6, 6.07) is 24.5. The Morgan fingerprint density at radius 3 is 2.23 bits per heavy atom. The molecule has 1 atom stereocenters. The van der Waals surface area contributed by atoms with Crippen LogP contribution in [0.2, 0.25) is 0 Å². The number of aryl methyl sites for hydroxylation is 1. The Labute approximate surface area is 183 Å². The summed E-state index contributed by atoms with van der Waals surface area (Å²) in [5, 5.41) is 2.84. The van der Waals surface area contributed by atoms with Gasteiger partial charge in [-0.25, -0.2) is 0 Å². The number of anilines is 1. The van der Waals surface area contributed by atoms with Crippen LogP contribution in [-0.4, -0.2) is 29.9 Å². The van der Waals surface area contributed by atoms with E-state index in [1.807, 2.05) is 54.6 Å². The summed E-state index contributed by atoms with van der Waals surface area (Å²) in [7, 11) is 1.75. The van der Waals surface area contributed by atoms with Crippen molar-refractivity contribution in [2.75, 3.05) is 12.4 Å². The molecule has 0 saturated carbocycles. The molecule has 0 fully saturated rings. The largest absolute Gasteiger partial charge is 0.481 e. The number of hydrogen-bond donors (Lipinski definition) is 1. The minimum absolute atomic E-state index is 0.163. The molecule has 3 rings (SSSR count). The number of para-hydroxylation sites is 1. The highest BCUT2D eigenvalue weighted by molar-refractivity contribution is 6.04. The highest BCUT2D eigenvalue weighted by atomic mass is 16.5. The lowest BCUT2D eigenvalue weighted by molar-refractivity contribution is -0.122. The second-order valence-electron chi connectivity index (χ2n) is 7.44. The third kappa shape index (κ3) is 5.95. The predicted octanol–water partition coefficient (Wildman–Crippen LogP) is 4.93. The van der Waals surface area contributed by atoms with Gasteiger partial charge in [0.15, 0.2) is 6.10 Å². The first-order chi connectivity index (χ1) is 15.0. The fourth-order valence-electron chi connectivity index (χ4n) is 3.21. The lowest BCUT2D eigenvalue weighted by Gasteiger charge is -2.20. The van der Waals surface area contributed by atoms with Gasteiger partial charge in [-0.2, -0.15) is 0 Å². The van der Waals surface area contributed by atoms with E-state index >= 15 is 0 Å². The molecule has 5 heteroatoms. The van der Waals surface area contributed by atoms with Crippen LogP contribution in [0, 0.1) is 0 Å². The van der Waals surface area contributed by atoms with Gasteiger partial charge in [0.2, 0.25) is 0 Å². The van der Waals surface area contributed by atoms with Gasteiger partial charge in [-0.1, -0.05) is 61.5 Å². The Balaban J connectivity index is 1.67. The van der Waals surface area contributed by atoms with Gasteiger partial charge in [0.25, 0.3) is 11.8 Å². The second kappa shape index (κ2) is 10.4. The fourth-order valence-corrected chi connectivity index (χ4v) is 3.21. The van der Waals surface area contributed by atoms with Gasteiger partial charge in [-0.15, -0.1) is 0 Å². The van der Waals surface area contributed by atoms with E-state index in [0.29, 0.717) is 23.5 Å². The maximum atomic E-state index is 13.0. The molecule has 1 N–H and O–H groups in total. The molecular formula is C26H28N2O3. The molecule has 3 aromatic carbocycles. The molecular weight excluding hydrogens is 388 g/mol. The number of carbonyl (C=O) groups is 2. The summed E-state index contributed by atoms with van der Waals surface area (Å²) in [5.41, 5.74) is 3.15. The second-order valence-corrected chi connectivity index (χ2v) is 7.44. The maximum absolute atomic E-state index is 13.0. The minimum atomic E-state index is -0.710. The third-order valence-corrected chi connectivity index (χ3v) is 5.04. The zero-order chi connectivity index (χ0) is 22.2. The van der Waals surface area contributed by atoms with E-state index in [1.54, 1.807) is 43.1 Å². The molecule has 0 aromatic heterocycles. The lowest BCUT2D eigenvalue weighted by atomic mass is 10.1. The molecule has 0 bridgehead atoms. The average molecular weight is 417 g/mol. The van der Waals surface area contributed by atoms with Gasteiger partial charge in [-0.3, -0.25) is 9.59 Å². The molecule has 31 heavy (non-hydrogen) atoms. The molecule has 5 nitrogen and oxygen atoms in total. The Bertz CT molecular complexity index is 1020. The molecule has 0 unspecified atom stereocenters. The molecule has 0 radical (unpaired) electrons. The number of rotatable bonds is 8. The van der Waals surface area contributed by atoms with Gasteiger partial charge in [0.1, 0.15) is 5.75 Å². The quantitative estimate of drug-likeness (QED) is 0.567. The first-order valence-electron chi connectivity index (χ1n) is 10.4. The Morgan fingerprint density at radius 1 is 0.903 bits per heavy atom. The smallest absolute Gasteiger partial charge is 0.265 e. The Hall–Kier alpha value is -3.60. The van der Waals surface area contributed by atoms with Crippen LogP contribution >= 0.6 is 0 Å². The van der Waals surface area contributed by atoms with Crippen molar-refractivity contribution in [1.29, 1.82) is 0 Å². The summed E-state index contributed by atoms with van der Waals surface area (Å²) in [6.45, 7) is 4.26. The highest BCUT2D eigenvalue weighted by Crippen LogP contribution is 2.20. The Morgan fingerprint density at radius 2 is 1.55 bits per heavy atom. The van der Waals surface area contributed by atoms with Crippen LogP contribution < -0.4 is 10.1 Å². The van der Waals surface area contributed by atoms with Gasteiger partial charge in [-0.05, 0) is 48.7 Å². The number of carbonyl (C=O) groups excluding carboxylic acids is 2. The monoisotopic (exact) mass is 416 g/mol. The van der Waals surface area contributed by atoms with E-state index in [-0.39, 0.29) is 11.8 Å². The fraction of sp³-hybridized carbons (Fsp3) is 0.231. The topological polar surface area (TPSA) is 58.6 Å². The van der Waals surface area contributed by atoms with Crippen LogP contribution in [0.1, 0.15) is 35.3 Å². The van der Waals surface area contributed by atoms with Crippen molar-refractivity contribution in [2.24, 2.45) is 0 Å². The zero-order valence-corrected chi connectivity index (χ0v) is 18.2. The minimum Gasteiger partial charge on any atom is -0.481 e. The third-order valence-electron chi connectivity index (χ3n) is 5.04. The van der Waals surface area contributed by atoms with Crippen molar-refractivity contribution in [3.05, 3.63) is 95.6 Å².